The fraction of sp³-hybridized carbons (Fsp3) is 0.188. The number of hydrogen-bond acceptors (Lipinski definition) is 3. The molecule has 0 aliphatic carbocycles. The Hall–Kier alpha value is -1.78. The molecule has 3 nitrogen and oxygen atoms in total. The summed E-state index contributed by atoms with van der Waals surface area (Å²) in [6.07, 6.45) is 0. The maximum absolute atomic E-state index is 12.5. The Labute approximate surface area is 124 Å². The van der Waals surface area contributed by atoms with Gasteiger partial charge < -0.3 is 10.0 Å². The second kappa shape index (κ2) is 7.12. The molecule has 0 aromatic heterocycles. The molecule has 0 spiro atoms. The highest BCUT2D eigenvalue weighted by molar-refractivity contribution is 7.80. The SMILES string of the molecule is O=C(c1cccc(S)c1)N(CCO)Cc1ccccc1. The summed E-state index contributed by atoms with van der Waals surface area (Å²) in [4.78, 5) is 14.9. The number of hydrogen-bond donors (Lipinski definition) is 2. The Morgan fingerprint density at radius 1 is 1.10 bits per heavy atom. The number of nitrogens with zero attached hydrogens (tertiary/aromatic N) is 1. The summed E-state index contributed by atoms with van der Waals surface area (Å²) in [6.45, 7) is 0.737. The standard InChI is InChI=1S/C16H17NO2S/c18-10-9-17(12-13-5-2-1-3-6-13)16(19)14-7-4-8-15(20)11-14/h1-8,11,18,20H,9-10,12H2. The lowest BCUT2D eigenvalue weighted by Gasteiger charge is -2.22. The van der Waals surface area contributed by atoms with Gasteiger partial charge in [-0.05, 0) is 23.8 Å². The first kappa shape index (κ1) is 14.6. The summed E-state index contributed by atoms with van der Waals surface area (Å²) in [6, 6.07) is 16.9. The van der Waals surface area contributed by atoms with E-state index in [1.165, 1.54) is 0 Å². The predicted octanol–water partition coefficient (Wildman–Crippen LogP) is 2.61. The zero-order chi connectivity index (χ0) is 14.4. The number of amides is 1. The summed E-state index contributed by atoms with van der Waals surface area (Å²) >= 11 is 4.25. The first-order chi connectivity index (χ1) is 9.70. The number of carbonyl (C=O) groups excluding carboxylic acids is 1. The quantitative estimate of drug-likeness (QED) is 0.830. The molecule has 1 N–H and O–H groups in total. The third-order valence-corrected chi connectivity index (χ3v) is 3.24. The van der Waals surface area contributed by atoms with Gasteiger partial charge in [-0.1, -0.05) is 36.4 Å². The third kappa shape index (κ3) is 3.85. The van der Waals surface area contributed by atoms with Gasteiger partial charge in [0.2, 0.25) is 0 Å². The summed E-state index contributed by atoms with van der Waals surface area (Å²) in [5.41, 5.74) is 1.62. The van der Waals surface area contributed by atoms with E-state index < -0.39 is 0 Å². The predicted molar refractivity (Wildman–Crippen MR) is 82.0 cm³/mol. The van der Waals surface area contributed by atoms with Gasteiger partial charge in [0, 0.05) is 23.5 Å². The van der Waals surface area contributed by atoms with Gasteiger partial charge in [-0.25, -0.2) is 0 Å². The molecule has 20 heavy (non-hydrogen) atoms. The number of thiol groups is 1. The zero-order valence-corrected chi connectivity index (χ0v) is 12.0. The van der Waals surface area contributed by atoms with Crippen LogP contribution in [0.15, 0.2) is 59.5 Å². The molecule has 104 valence electrons. The first-order valence-corrected chi connectivity index (χ1v) is 6.88. The van der Waals surface area contributed by atoms with Crippen LogP contribution in [0.5, 0.6) is 0 Å². The first-order valence-electron chi connectivity index (χ1n) is 6.44. The van der Waals surface area contributed by atoms with Gasteiger partial charge in [0.1, 0.15) is 0 Å². The monoisotopic (exact) mass is 287 g/mol. The van der Waals surface area contributed by atoms with Crippen molar-refractivity contribution in [3.05, 3.63) is 65.7 Å². The van der Waals surface area contributed by atoms with E-state index in [4.69, 9.17) is 5.11 Å². The van der Waals surface area contributed by atoms with Gasteiger partial charge in [-0.15, -0.1) is 12.6 Å². The van der Waals surface area contributed by atoms with Crippen LogP contribution in [-0.4, -0.2) is 29.1 Å². The van der Waals surface area contributed by atoms with Gasteiger partial charge in [-0.3, -0.25) is 4.79 Å². The summed E-state index contributed by atoms with van der Waals surface area (Å²) < 4.78 is 0. The molecule has 4 heteroatoms. The lowest BCUT2D eigenvalue weighted by molar-refractivity contribution is 0.0707. The molecule has 2 rings (SSSR count). The summed E-state index contributed by atoms with van der Waals surface area (Å²) in [5.74, 6) is -0.0983. The van der Waals surface area contributed by atoms with Crippen LogP contribution in [0.1, 0.15) is 15.9 Å². The highest BCUT2D eigenvalue weighted by Crippen LogP contribution is 2.13. The van der Waals surface area contributed by atoms with Crippen LogP contribution < -0.4 is 0 Å². The van der Waals surface area contributed by atoms with E-state index in [1.54, 1.807) is 23.1 Å². The minimum Gasteiger partial charge on any atom is -0.395 e. The van der Waals surface area contributed by atoms with Crippen molar-refractivity contribution in [1.82, 2.24) is 4.90 Å². The van der Waals surface area contributed by atoms with Crippen molar-refractivity contribution in [2.45, 2.75) is 11.4 Å². The summed E-state index contributed by atoms with van der Waals surface area (Å²) in [7, 11) is 0. The van der Waals surface area contributed by atoms with Crippen LogP contribution in [0, 0.1) is 0 Å². The van der Waals surface area contributed by atoms with Gasteiger partial charge in [0.05, 0.1) is 6.61 Å². The minimum absolute atomic E-state index is 0.0564. The Morgan fingerprint density at radius 3 is 2.50 bits per heavy atom. The molecule has 0 saturated carbocycles. The van der Waals surface area contributed by atoms with Crippen molar-refractivity contribution in [1.29, 1.82) is 0 Å². The van der Waals surface area contributed by atoms with Crippen LogP contribution in [0.4, 0.5) is 0 Å². The fourth-order valence-corrected chi connectivity index (χ4v) is 2.22. The maximum atomic E-state index is 12.5. The van der Waals surface area contributed by atoms with Gasteiger partial charge in [-0.2, -0.15) is 0 Å². The maximum Gasteiger partial charge on any atom is 0.254 e. The summed E-state index contributed by atoms with van der Waals surface area (Å²) in [5, 5.41) is 9.16. The van der Waals surface area contributed by atoms with E-state index >= 15 is 0 Å². The van der Waals surface area contributed by atoms with Crippen molar-refractivity contribution in [3.8, 4) is 0 Å². The largest absolute Gasteiger partial charge is 0.395 e. The van der Waals surface area contributed by atoms with Crippen LogP contribution in [0.3, 0.4) is 0 Å². The smallest absolute Gasteiger partial charge is 0.254 e. The van der Waals surface area contributed by atoms with Gasteiger partial charge >= 0.3 is 0 Å². The average molecular weight is 287 g/mol. The molecule has 0 aliphatic rings. The molecule has 0 unspecified atom stereocenters. The van der Waals surface area contributed by atoms with E-state index in [1.807, 2.05) is 36.4 Å². The van der Waals surface area contributed by atoms with Crippen molar-refractivity contribution in [2.75, 3.05) is 13.2 Å². The second-order valence-corrected chi connectivity index (χ2v) is 5.00. The molecule has 2 aromatic carbocycles. The Morgan fingerprint density at radius 2 is 1.85 bits per heavy atom. The van der Waals surface area contributed by atoms with E-state index in [0.717, 1.165) is 10.5 Å². The molecular formula is C16H17NO2S. The van der Waals surface area contributed by atoms with Crippen molar-refractivity contribution >= 4 is 18.5 Å². The molecule has 2 aromatic rings. The molecule has 1 amide bonds. The normalized spacial score (nSPS) is 10.3. The number of aliphatic hydroxyl groups excluding tert-OH is 1. The highest BCUT2D eigenvalue weighted by atomic mass is 32.1. The molecule has 0 aliphatic heterocycles. The molecule has 0 bridgehead atoms. The highest BCUT2D eigenvalue weighted by Gasteiger charge is 2.15. The number of benzene rings is 2. The number of carbonyl (C=O) groups is 1. The van der Waals surface area contributed by atoms with E-state index in [9.17, 15) is 4.79 Å². The number of rotatable bonds is 5. The number of aliphatic hydroxyl groups is 1. The van der Waals surface area contributed by atoms with E-state index in [2.05, 4.69) is 12.6 Å². The fourth-order valence-electron chi connectivity index (χ4n) is 2.00. The molecule has 0 fully saturated rings. The van der Waals surface area contributed by atoms with Crippen LogP contribution in [0.2, 0.25) is 0 Å². The van der Waals surface area contributed by atoms with Crippen LogP contribution >= 0.6 is 12.6 Å². The second-order valence-electron chi connectivity index (χ2n) is 4.49. The van der Waals surface area contributed by atoms with Crippen molar-refractivity contribution in [2.24, 2.45) is 0 Å². The average Bonchev–Trinajstić information content (AvgIpc) is 2.47. The van der Waals surface area contributed by atoms with E-state index in [0.29, 0.717) is 18.7 Å². The zero-order valence-electron chi connectivity index (χ0n) is 11.1. The molecule has 0 atom stereocenters. The van der Waals surface area contributed by atoms with Crippen molar-refractivity contribution < 1.29 is 9.90 Å². The minimum atomic E-state index is -0.0983. The lowest BCUT2D eigenvalue weighted by atomic mass is 10.1. The molecule has 0 saturated heterocycles. The molecule has 0 radical (unpaired) electrons. The van der Waals surface area contributed by atoms with E-state index in [-0.39, 0.29) is 12.5 Å². The molecular weight excluding hydrogens is 270 g/mol. The van der Waals surface area contributed by atoms with Gasteiger partial charge in [0.25, 0.3) is 5.91 Å². The Kier molecular flexibility index (Phi) is 5.21. The van der Waals surface area contributed by atoms with Crippen LogP contribution in [0.25, 0.3) is 0 Å². The Bertz CT molecular complexity index is 572. The van der Waals surface area contributed by atoms with Gasteiger partial charge in [0.15, 0.2) is 0 Å². The van der Waals surface area contributed by atoms with Crippen LogP contribution in [-0.2, 0) is 6.54 Å². The topological polar surface area (TPSA) is 40.5 Å². The van der Waals surface area contributed by atoms with Crippen molar-refractivity contribution in [3.63, 3.8) is 0 Å². The molecule has 0 heterocycles. The third-order valence-electron chi connectivity index (χ3n) is 2.97. The Balaban J connectivity index is 2.18. The lowest BCUT2D eigenvalue weighted by Crippen LogP contribution is -2.33.